The first-order chi connectivity index (χ1) is 19.4. The fraction of sp³-hybridized carbons (Fsp3) is 0.321. The van der Waals surface area contributed by atoms with Gasteiger partial charge >= 0.3 is 6.18 Å². The molecule has 0 bridgehead atoms. The Morgan fingerprint density at radius 3 is 2.60 bits per heavy atom. The lowest BCUT2D eigenvalue weighted by atomic mass is 10.1. The van der Waals surface area contributed by atoms with Gasteiger partial charge in [-0.25, -0.2) is 4.98 Å². The van der Waals surface area contributed by atoms with Crippen LogP contribution in [0.3, 0.4) is 0 Å². The summed E-state index contributed by atoms with van der Waals surface area (Å²) in [5, 5.41) is 6.58. The zero-order valence-electron chi connectivity index (χ0n) is 21.9. The van der Waals surface area contributed by atoms with Crippen LogP contribution in [-0.4, -0.2) is 66.4 Å². The number of morpholine rings is 1. The second-order valence-corrected chi connectivity index (χ2v) is 9.17. The molecule has 1 aliphatic heterocycles. The van der Waals surface area contributed by atoms with E-state index in [1.165, 1.54) is 12.3 Å². The average Bonchev–Trinajstić information content (AvgIpc) is 2.95. The lowest BCUT2D eigenvalue weighted by Crippen LogP contribution is -2.37. The van der Waals surface area contributed by atoms with Crippen molar-refractivity contribution in [3.05, 3.63) is 66.5 Å². The van der Waals surface area contributed by atoms with E-state index < -0.39 is 11.7 Å². The van der Waals surface area contributed by atoms with Gasteiger partial charge in [0.05, 0.1) is 49.9 Å². The Kier molecular flexibility index (Phi) is 8.46. The summed E-state index contributed by atoms with van der Waals surface area (Å²) in [6, 6.07) is 12.2. The van der Waals surface area contributed by atoms with Crippen molar-refractivity contribution in [3.63, 3.8) is 0 Å². The molecule has 2 aromatic heterocycles. The van der Waals surface area contributed by atoms with E-state index in [4.69, 9.17) is 14.2 Å². The van der Waals surface area contributed by atoms with Crippen molar-refractivity contribution >= 4 is 34.0 Å². The van der Waals surface area contributed by atoms with Crippen molar-refractivity contribution in [2.24, 2.45) is 0 Å². The summed E-state index contributed by atoms with van der Waals surface area (Å²) < 4.78 is 56.2. The van der Waals surface area contributed by atoms with Crippen LogP contribution in [0.4, 0.5) is 36.3 Å². The highest BCUT2D eigenvalue weighted by atomic mass is 19.4. The third-order valence-corrected chi connectivity index (χ3v) is 6.34. The largest absolute Gasteiger partial charge is 0.493 e. The summed E-state index contributed by atoms with van der Waals surface area (Å²) in [4.78, 5) is 15.3. The highest BCUT2D eigenvalue weighted by molar-refractivity contribution is 5.83. The van der Waals surface area contributed by atoms with Gasteiger partial charge < -0.3 is 24.8 Å². The fourth-order valence-electron chi connectivity index (χ4n) is 4.30. The third-order valence-electron chi connectivity index (χ3n) is 6.34. The number of rotatable bonds is 10. The minimum absolute atomic E-state index is 0.319. The molecule has 0 spiro atoms. The molecule has 0 atom stereocenters. The molecule has 1 aliphatic rings. The van der Waals surface area contributed by atoms with Crippen molar-refractivity contribution < 1.29 is 27.4 Å². The Balaban J connectivity index is 1.21. The second-order valence-electron chi connectivity index (χ2n) is 9.17. The minimum Gasteiger partial charge on any atom is -0.493 e. The molecule has 1 saturated heterocycles. The number of aromatic nitrogens is 3. The maximum absolute atomic E-state index is 13.1. The van der Waals surface area contributed by atoms with Crippen LogP contribution >= 0.6 is 0 Å². The molecule has 5 rings (SSSR count). The summed E-state index contributed by atoms with van der Waals surface area (Å²) in [5.74, 6) is 1.98. The molecule has 2 aromatic carbocycles. The van der Waals surface area contributed by atoms with Gasteiger partial charge in [0.25, 0.3) is 0 Å². The molecule has 12 heteroatoms. The van der Waals surface area contributed by atoms with Gasteiger partial charge in [-0.3, -0.25) is 9.88 Å². The predicted octanol–water partition coefficient (Wildman–Crippen LogP) is 5.64. The number of hydrogen-bond donors (Lipinski definition) is 2. The molecular weight excluding hydrogens is 525 g/mol. The molecule has 0 radical (unpaired) electrons. The number of nitrogens with zero attached hydrogens (tertiary/aromatic N) is 4. The van der Waals surface area contributed by atoms with E-state index in [9.17, 15) is 13.2 Å². The SMILES string of the molecule is COc1cc(Nc2nccc(Nc3cnc4ccc(C(F)(F)F)cc4c3)n2)ccc1OCCCN1CCOCC1. The number of fused-ring (bicyclic) bond motifs is 1. The fourth-order valence-corrected chi connectivity index (χ4v) is 4.30. The maximum Gasteiger partial charge on any atom is 0.416 e. The molecule has 40 heavy (non-hydrogen) atoms. The number of halogens is 3. The second kappa shape index (κ2) is 12.3. The number of hydrogen-bond acceptors (Lipinski definition) is 9. The first-order valence-corrected chi connectivity index (χ1v) is 12.8. The number of benzene rings is 2. The summed E-state index contributed by atoms with van der Waals surface area (Å²) in [7, 11) is 1.58. The van der Waals surface area contributed by atoms with E-state index in [-0.39, 0.29) is 0 Å². The molecule has 2 N–H and O–H groups in total. The zero-order chi connectivity index (χ0) is 28.0. The Hall–Kier alpha value is -4.16. The van der Waals surface area contributed by atoms with Crippen molar-refractivity contribution in [1.82, 2.24) is 19.9 Å². The topological polar surface area (TPSA) is 93.7 Å². The van der Waals surface area contributed by atoms with Crippen LogP contribution in [-0.2, 0) is 10.9 Å². The van der Waals surface area contributed by atoms with Crippen molar-refractivity contribution in [2.75, 3.05) is 57.2 Å². The standard InChI is InChI=1S/C28H29F3N6O3/c1-38-25-17-21(4-6-24(25)40-12-2-9-37-10-13-39-14-11-37)35-27-32-8-7-26(36-27)34-22-16-19-15-20(28(29,30)31)3-5-23(19)33-18-22/h3-8,15-18H,2,9-14H2,1H3,(H2,32,34,35,36). The van der Waals surface area contributed by atoms with Gasteiger partial charge in [-0.05, 0) is 48.9 Å². The smallest absolute Gasteiger partial charge is 0.416 e. The summed E-state index contributed by atoms with van der Waals surface area (Å²) in [6.45, 7) is 4.97. The predicted molar refractivity (Wildman–Crippen MR) is 146 cm³/mol. The Morgan fingerprint density at radius 2 is 1.80 bits per heavy atom. The average molecular weight is 555 g/mol. The van der Waals surface area contributed by atoms with E-state index in [1.807, 2.05) is 12.1 Å². The van der Waals surface area contributed by atoms with E-state index in [0.717, 1.165) is 51.4 Å². The number of nitrogens with one attached hydrogen (secondary N) is 2. The molecule has 3 heterocycles. The van der Waals surface area contributed by atoms with Crippen LogP contribution in [0, 0.1) is 0 Å². The number of methoxy groups -OCH3 is 1. The van der Waals surface area contributed by atoms with Gasteiger partial charge in [-0.15, -0.1) is 0 Å². The van der Waals surface area contributed by atoms with E-state index >= 15 is 0 Å². The third kappa shape index (κ3) is 7.07. The van der Waals surface area contributed by atoms with Crippen LogP contribution in [0.2, 0.25) is 0 Å². The first kappa shape index (κ1) is 27.4. The highest BCUT2D eigenvalue weighted by Crippen LogP contribution is 2.33. The molecule has 0 aliphatic carbocycles. The zero-order valence-corrected chi connectivity index (χ0v) is 21.9. The molecule has 0 unspecified atom stereocenters. The molecule has 4 aromatic rings. The van der Waals surface area contributed by atoms with E-state index in [2.05, 4.69) is 30.5 Å². The Bertz CT molecular complexity index is 1450. The van der Waals surface area contributed by atoms with Crippen molar-refractivity contribution in [2.45, 2.75) is 12.6 Å². The minimum atomic E-state index is -4.43. The summed E-state index contributed by atoms with van der Waals surface area (Å²) in [5.41, 5.74) is 0.921. The van der Waals surface area contributed by atoms with Crippen LogP contribution in [0.5, 0.6) is 11.5 Å². The van der Waals surface area contributed by atoms with Crippen molar-refractivity contribution in [1.29, 1.82) is 0 Å². The van der Waals surface area contributed by atoms with Gasteiger partial charge in [-0.1, -0.05) is 0 Å². The first-order valence-electron chi connectivity index (χ1n) is 12.8. The summed E-state index contributed by atoms with van der Waals surface area (Å²) in [6.07, 6.45) is -0.430. The summed E-state index contributed by atoms with van der Waals surface area (Å²) >= 11 is 0. The van der Waals surface area contributed by atoms with Crippen LogP contribution < -0.4 is 20.1 Å². The normalized spacial score (nSPS) is 14.2. The van der Waals surface area contributed by atoms with Crippen LogP contribution in [0.25, 0.3) is 10.9 Å². The van der Waals surface area contributed by atoms with Gasteiger partial charge in [0, 0.05) is 43.0 Å². The number of ether oxygens (including phenoxy) is 3. The lowest BCUT2D eigenvalue weighted by molar-refractivity contribution is -0.137. The molecule has 0 amide bonds. The van der Waals surface area contributed by atoms with Crippen molar-refractivity contribution in [3.8, 4) is 11.5 Å². The number of alkyl halides is 3. The van der Waals surface area contributed by atoms with Gasteiger partial charge in [0.1, 0.15) is 5.82 Å². The molecule has 9 nitrogen and oxygen atoms in total. The Labute approximate surface area is 229 Å². The van der Waals surface area contributed by atoms with Crippen LogP contribution in [0.15, 0.2) is 60.9 Å². The van der Waals surface area contributed by atoms with E-state index in [1.54, 1.807) is 31.5 Å². The van der Waals surface area contributed by atoms with Gasteiger partial charge in [0.15, 0.2) is 11.5 Å². The molecule has 1 fully saturated rings. The van der Waals surface area contributed by atoms with E-state index in [0.29, 0.717) is 52.1 Å². The number of pyridine rings is 1. The lowest BCUT2D eigenvalue weighted by Gasteiger charge is -2.26. The molecular formula is C28H29F3N6O3. The molecule has 210 valence electrons. The Morgan fingerprint density at radius 1 is 0.950 bits per heavy atom. The number of anilines is 4. The van der Waals surface area contributed by atoms with Gasteiger partial charge in [0.2, 0.25) is 5.95 Å². The quantitative estimate of drug-likeness (QED) is 0.242. The molecule has 0 saturated carbocycles. The highest BCUT2D eigenvalue weighted by Gasteiger charge is 2.30. The maximum atomic E-state index is 13.1. The van der Waals surface area contributed by atoms with Crippen LogP contribution in [0.1, 0.15) is 12.0 Å². The van der Waals surface area contributed by atoms with Gasteiger partial charge in [-0.2, -0.15) is 18.2 Å². The monoisotopic (exact) mass is 554 g/mol.